The molecule has 2 aromatic carbocycles. The maximum atomic E-state index is 12.7. The molecule has 4 heteroatoms. The molecule has 0 saturated carbocycles. The molecular weight excluding hydrogens is 297 g/mol. The van der Waals surface area contributed by atoms with Crippen molar-refractivity contribution in [3.8, 4) is 11.8 Å². The molecule has 0 aliphatic heterocycles. The molecule has 1 amide bonds. The van der Waals surface area contributed by atoms with Gasteiger partial charge in [-0.2, -0.15) is 0 Å². The fraction of sp³-hybridized carbons (Fsp3) is 0.167. The summed E-state index contributed by atoms with van der Waals surface area (Å²) in [5, 5.41) is 2.74. The second-order valence-electron chi connectivity index (χ2n) is 4.56. The van der Waals surface area contributed by atoms with Crippen molar-refractivity contribution >= 4 is 17.7 Å². The zero-order valence-electron chi connectivity index (χ0n) is 12.0. The fourth-order valence-corrected chi connectivity index (χ4v) is 2.53. The Balaban J connectivity index is 1.65. The van der Waals surface area contributed by atoms with E-state index in [-0.39, 0.29) is 11.7 Å². The lowest BCUT2D eigenvalue weighted by atomic mass is 10.2. The summed E-state index contributed by atoms with van der Waals surface area (Å²) < 4.78 is 12.7. The number of carbonyl (C=O) groups is 1. The van der Waals surface area contributed by atoms with Crippen LogP contribution in [-0.4, -0.2) is 18.2 Å². The van der Waals surface area contributed by atoms with Gasteiger partial charge in [0.2, 0.25) is 5.91 Å². The third-order valence-corrected chi connectivity index (χ3v) is 3.80. The maximum absolute atomic E-state index is 12.7. The number of amides is 1. The molecule has 0 bridgehead atoms. The smallest absolute Gasteiger partial charge is 0.230 e. The number of benzene rings is 2. The van der Waals surface area contributed by atoms with E-state index in [1.807, 2.05) is 30.3 Å². The molecule has 22 heavy (non-hydrogen) atoms. The van der Waals surface area contributed by atoms with Gasteiger partial charge in [-0.3, -0.25) is 4.79 Å². The predicted molar refractivity (Wildman–Crippen MR) is 88.9 cm³/mol. The molecule has 112 valence electrons. The van der Waals surface area contributed by atoms with Crippen LogP contribution in [0.25, 0.3) is 0 Å². The van der Waals surface area contributed by atoms with Crippen LogP contribution >= 0.6 is 11.8 Å². The molecule has 2 aromatic rings. The average Bonchev–Trinajstić information content (AvgIpc) is 2.54. The summed E-state index contributed by atoms with van der Waals surface area (Å²) in [7, 11) is 0. The largest absolute Gasteiger partial charge is 0.344 e. The zero-order chi connectivity index (χ0) is 15.6. The van der Waals surface area contributed by atoms with Crippen molar-refractivity contribution in [2.75, 3.05) is 12.3 Å². The third-order valence-electron chi connectivity index (χ3n) is 2.80. The molecule has 1 N–H and O–H groups in total. The number of hydrogen-bond acceptors (Lipinski definition) is 2. The number of halogens is 1. The average molecular weight is 313 g/mol. The third kappa shape index (κ3) is 6.02. The summed E-state index contributed by atoms with van der Waals surface area (Å²) in [6.07, 6.45) is 0. The first-order valence-electron chi connectivity index (χ1n) is 6.87. The van der Waals surface area contributed by atoms with Crippen LogP contribution < -0.4 is 5.32 Å². The van der Waals surface area contributed by atoms with Gasteiger partial charge >= 0.3 is 0 Å². The number of hydrogen-bond donors (Lipinski definition) is 1. The minimum atomic E-state index is -0.283. The van der Waals surface area contributed by atoms with E-state index >= 15 is 0 Å². The predicted octanol–water partition coefficient (Wildman–Crippen LogP) is 3.23. The lowest BCUT2D eigenvalue weighted by molar-refractivity contribution is -0.118. The zero-order valence-corrected chi connectivity index (χ0v) is 12.8. The maximum Gasteiger partial charge on any atom is 0.230 e. The lowest BCUT2D eigenvalue weighted by Crippen LogP contribution is -2.25. The molecule has 0 spiro atoms. The van der Waals surface area contributed by atoms with Gasteiger partial charge in [-0.05, 0) is 29.8 Å². The van der Waals surface area contributed by atoms with Gasteiger partial charge in [-0.25, -0.2) is 4.39 Å². The fourth-order valence-electron chi connectivity index (χ4n) is 1.71. The van der Waals surface area contributed by atoms with Gasteiger partial charge in [0.25, 0.3) is 0 Å². The summed E-state index contributed by atoms with van der Waals surface area (Å²) in [6, 6.07) is 16.0. The monoisotopic (exact) mass is 313 g/mol. The SMILES string of the molecule is O=C(CSCc1ccccc1)NCC#Cc1ccc(F)cc1. The van der Waals surface area contributed by atoms with E-state index < -0.39 is 0 Å². The van der Waals surface area contributed by atoms with E-state index in [9.17, 15) is 9.18 Å². The first kappa shape index (κ1) is 16.1. The van der Waals surface area contributed by atoms with Crippen LogP contribution in [0.1, 0.15) is 11.1 Å². The van der Waals surface area contributed by atoms with Gasteiger partial charge in [0.1, 0.15) is 5.82 Å². The van der Waals surface area contributed by atoms with Gasteiger partial charge in [-0.15, -0.1) is 11.8 Å². The molecule has 0 heterocycles. The molecule has 0 radical (unpaired) electrons. The van der Waals surface area contributed by atoms with Gasteiger partial charge in [0.15, 0.2) is 0 Å². The molecule has 2 rings (SSSR count). The topological polar surface area (TPSA) is 29.1 Å². The minimum absolute atomic E-state index is 0.0330. The Labute approximate surface area is 134 Å². The summed E-state index contributed by atoms with van der Waals surface area (Å²) in [5.41, 5.74) is 1.94. The van der Waals surface area contributed by atoms with Crippen molar-refractivity contribution in [2.24, 2.45) is 0 Å². The molecular formula is C18H16FNOS. The van der Waals surface area contributed by atoms with Gasteiger partial charge in [0, 0.05) is 11.3 Å². The van der Waals surface area contributed by atoms with Crippen molar-refractivity contribution in [3.63, 3.8) is 0 Å². The molecule has 0 unspecified atom stereocenters. The van der Waals surface area contributed by atoms with E-state index in [2.05, 4.69) is 17.2 Å². The lowest BCUT2D eigenvalue weighted by Gasteiger charge is -2.02. The van der Waals surface area contributed by atoms with Crippen LogP contribution in [0, 0.1) is 17.7 Å². The van der Waals surface area contributed by atoms with Crippen LogP contribution in [0.4, 0.5) is 4.39 Å². The number of carbonyl (C=O) groups excluding carboxylic acids is 1. The Kier molecular flexibility index (Phi) is 6.53. The highest BCUT2D eigenvalue weighted by Crippen LogP contribution is 2.10. The highest BCUT2D eigenvalue weighted by Gasteiger charge is 2.00. The summed E-state index contributed by atoms with van der Waals surface area (Å²) in [6.45, 7) is 0.294. The molecule has 0 aromatic heterocycles. The second kappa shape index (κ2) is 8.91. The van der Waals surface area contributed by atoms with E-state index in [4.69, 9.17) is 0 Å². The number of rotatable bonds is 5. The quantitative estimate of drug-likeness (QED) is 0.859. The highest BCUT2D eigenvalue weighted by atomic mass is 32.2. The molecule has 0 saturated heterocycles. The molecule has 0 fully saturated rings. The van der Waals surface area contributed by atoms with E-state index in [0.29, 0.717) is 12.3 Å². The molecule has 2 nitrogen and oxygen atoms in total. The van der Waals surface area contributed by atoms with Crippen LogP contribution in [0.3, 0.4) is 0 Å². The van der Waals surface area contributed by atoms with Crippen LogP contribution in [0.5, 0.6) is 0 Å². The Bertz CT molecular complexity index is 659. The highest BCUT2D eigenvalue weighted by molar-refractivity contribution is 7.99. The van der Waals surface area contributed by atoms with Crippen LogP contribution in [0.15, 0.2) is 54.6 Å². The Morgan fingerprint density at radius 1 is 1.09 bits per heavy atom. The van der Waals surface area contributed by atoms with Gasteiger partial charge in [0.05, 0.1) is 12.3 Å². The Morgan fingerprint density at radius 3 is 2.55 bits per heavy atom. The van der Waals surface area contributed by atoms with Crippen LogP contribution in [-0.2, 0) is 10.5 Å². The van der Waals surface area contributed by atoms with Gasteiger partial charge < -0.3 is 5.32 Å². The molecule has 0 atom stereocenters. The van der Waals surface area contributed by atoms with Crippen molar-refractivity contribution in [1.82, 2.24) is 5.32 Å². The second-order valence-corrected chi connectivity index (χ2v) is 5.55. The standard InChI is InChI=1S/C18H16FNOS/c19-17-10-8-15(9-11-17)7-4-12-20-18(21)14-22-13-16-5-2-1-3-6-16/h1-3,5-6,8-11H,12-14H2,(H,20,21). The van der Waals surface area contributed by atoms with Crippen molar-refractivity contribution < 1.29 is 9.18 Å². The molecule has 0 aliphatic carbocycles. The first-order valence-corrected chi connectivity index (χ1v) is 8.02. The Morgan fingerprint density at radius 2 is 1.82 bits per heavy atom. The van der Waals surface area contributed by atoms with Crippen molar-refractivity contribution in [1.29, 1.82) is 0 Å². The van der Waals surface area contributed by atoms with Gasteiger partial charge in [-0.1, -0.05) is 42.2 Å². The number of nitrogens with one attached hydrogen (secondary N) is 1. The normalized spacial score (nSPS) is 9.68. The summed E-state index contributed by atoms with van der Waals surface area (Å²) in [4.78, 5) is 11.6. The number of thioether (sulfide) groups is 1. The summed E-state index contributed by atoms with van der Waals surface area (Å²) >= 11 is 1.57. The van der Waals surface area contributed by atoms with E-state index in [0.717, 1.165) is 11.3 Å². The summed E-state index contributed by atoms with van der Waals surface area (Å²) in [5.74, 6) is 6.63. The van der Waals surface area contributed by atoms with Crippen molar-refractivity contribution in [3.05, 3.63) is 71.5 Å². The Hall–Kier alpha value is -2.25. The van der Waals surface area contributed by atoms with Crippen molar-refractivity contribution in [2.45, 2.75) is 5.75 Å². The van der Waals surface area contributed by atoms with Crippen LogP contribution in [0.2, 0.25) is 0 Å². The molecule has 0 aliphatic rings. The first-order chi connectivity index (χ1) is 10.7. The minimum Gasteiger partial charge on any atom is -0.344 e. The van der Waals surface area contributed by atoms with E-state index in [1.165, 1.54) is 17.7 Å². The van der Waals surface area contributed by atoms with E-state index in [1.54, 1.807) is 23.9 Å².